The van der Waals surface area contributed by atoms with Gasteiger partial charge in [0.05, 0.1) is 19.3 Å². The highest BCUT2D eigenvalue weighted by molar-refractivity contribution is 6.74. The lowest BCUT2D eigenvalue weighted by atomic mass is 10.2. The van der Waals surface area contributed by atoms with E-state index in [4.69, 9.17) is 9.16 Å². The molecule has 136 valence electrons. The van der Waals surface area contributed by atoms with Gasteiger partial charge in [-0.05, 0) is 44.5 Å². The first-order chi connectivity index (χ1) is 10.1. The molecule has 0 aromatic carbocycles. The second-order valence-corrected chi connectivity index (χ2v) is 13.3. The molecule has 0 radical (unpaired) electrons. The summed E-state index contributed by atoms with van der Waals surface area (Å²) in [5.41, 5.74) is 0.0278. The lowest BCUT2D eigenvalue weighted by Crippen LogP contribution is -2.48. The van der Waals surface area contributed by atoms with Gasteiger partial charge in [-0.15, -0.1) is 0 Å². The van der Waals surface area contributed by atoms with Crippen LogP contribution >= 0.6 is 0 Å². The molecule has 0 aliphatic rings. The number of carbonyl (C=O) groups is 1. The number of likely N-dealkylation sites (N-methyl/N-ethyl adjacent to an activating group) is 1. The number of rotatable bonds is 6. The molecule has 1 atom stereocenters. The van der Waals surface area contributed by atoms with E-state index in [1.54, 1.807) is 7.05 Å². The lowest BCUT2D eigenvalue weighted by Gasteiger charge is -2.40. The summed E-state index contributed by atoms with van der Waals surface area (Å²) < 4.78 is 11.7. The molecule has 0 aromatic heterocycles. The largest absolute Gasteiger partial charge is 0.444 e. The van der Waals surface area contributed by atoms with Crippen LogP contribution in [0.5, 0.6) is 0 Å². The van der Waals surface area contributed by atoms with Crippen LogP contribution in [-0.4, -0.2) is 56.3 Å². The maximum atomic E-state index is 12.1. The topological polar surface area (TPSA) is 59.0 Å². The SMILES string of the molecule is C=C(CO)C(CN(C)C(=O)OC(C)(C)C)O[Si](C)(C)C(C)(C)C. The van der Waals surface area contributed by atoms with E-state index in [1.165, 1.54) is 4.90 Å². The van der Waals surface area contributed by atoms with E-state index in [0.29, 0.717) is 12.1 Å². The van der Waals surface area contributed by atoms with Crippen LogP contribution in [0.4, 0.5) is 4.79 Å². The molecule has 0 bridgehead atoms. The maximum Gasteiger partial charge on any atom is 0.410 e. The monoisotopic (exact) mass is 345 g/mol. The molecule has 1 unspecified atom stereocenters. The predicted molar refractivity (Wildman–Crippen MR) is 97.2 cm³/mol. The van der Waals surface area contributed by atoms with Gasteiger partial charge in [0.1, 0.15) is 5.60 Å². The highest BCUT2D eigenvalue weighted by Crippen LogP contribution is 2.38. The molecule has 0 heterocycles. The highest BCUT2D eigenvalue weighted by Gasteiger charge is 2.40. The summed E-state index contributed by atoms with van der Waals surface area (Å²) in [7, 11) is -0.379. The van der Waals surface area contributed by atoms with E-state index in [9.17, 15) is 9.90 Å². The molecule has 5 nitrogen and oxygen atoms in total. The summed E-state index contributed by atoms with van der Waals surface area (Å²) in [6.07, 6.45) is -0.814. The molecule has 0 rings (SSSR count). The third-order valence-corrected chi connectivity index (χ3v) is 8.53. The van der Waals surface area contributed by atoms with Gasteiger partial charge in [0.15, 0.2) is 8.32 Å². The summed E-state index contributed by atoms with van der Waals surface area (Å²) in [6.45, 7) is 20.2. The Bertz CT molecular complexity index is 421. The third-order valence-electron chi connectivity index (χ3n) is 4.05. The Hall–Kier alpha value is -0.853. The first-order valence-electron chi connectivity index (χ1n) is 8.01. The van der Waals surface area contributed by atoms with Crippen molar-refractivity contribution in [3.05, 3.63) is 12.2 Å². The van der Waals surface area contributed by atoms with Gasteiger partial charge in [-0.3, -0.25) is 0 Å². The molecule has 0 saturated heterocycles. The number of hydrogen-bond donors (Lipinski definition) is 1. The van der Waals surface area contributed by atoms with E-state index >= 15 is 0 Å². The number of nitrogens with zero attached hydrogens (tertiary/aromatic N) is 1. The van der Waals surface area contributed by atoms with E-state index in [1.807, 2.05) is 20.8 Å². The Balaban J connectivity index is 5.08. The Morgan fingerprint density at radius 1 is 1.22 bits per heavy atom. The van der Waals surface area contributed by atoms with Gasteiger partial charge in [0.25, 0.3) is 0 Å². The van der Waals surface area contributed by atoms with Gasteiger partial charge in [0, 0.05) is 7.05 Å². The average molecular weight is 346 g/mol. The second kappa shape index (κ2) is 7.81. The molecule has 23 heavy (non-hydrogen) atoms. The summed E-state index contributed by atoms with van der Waals surface area (Å²) in [5.74, 6) is 0. The first kappa shape index (κ1) is 22.1. The fourth-order valence-electron chi connectivity index (χ4n) is 1.55. The average Bonchev–Trinajstić information content (AvgIpc) is 2.33. The number of hydrogen-bond acceptors (Lipinski definition) is 4. The standard InChI is InChI=1S/C17H35NO4Si/c1-13(12-19)14(22-23(9,10)17(5,6)7)11-18(8)15(20)21-16(2,3)4/h14,19H,1,11-12H2,2-10H3. The van der Waals surface area contributed by atoms with Crippen LogP contribution in [0.2, 0.25) is 18.1 Å². The minimum Gasteiger partial charge on any atom is -0.444 e. The minimum absolute atomic E-state index is 0.0332. The van der Waals surface area contributed by atoms with Gasteiger partial charge >= 0.3 is 6.09 Å². The minimum atomic E-state index is -2.05. The molecule has 0 aromatic rings. The lowest BCUT2D eigenvalue weighted by molar-refractivity contribution is 0.0234. The van der Waals surface area contributed by atoms with Gasteiger partial charge < -0.3 is 19.2 Å². The van der Waals surface area contributed by atoms with Crippen LogP contribution in [0.1, 0.15) is 41.5 Å². The zero-order chi connectivity index (χ0) is 18.6. The van der Waals surface area contributed by atoms with E-state index in [-0.39, 0.29) is 11.6 Å². The molecule has 1 amide bonds. The quantitative estimate of drug-likeness (QED) is 0.588. The van der Waals surface area contributed by atoms with Crippen LogP contribution in [0.3, 0.4) is 0 Å². The van der Waals surface area contributed by atoms with Crippen molar-refractivity contribution in [1.82, 2.24) is 4.90 Å². The Morgan fingerprint density at radius 2 is 1.70 bits per heavy atom. The van der Waals surface area contributed by atoms with Gasteiger partial charge in [-0.2, -0.15) is 0 Å². The molecular formula is C17H35NO4Si. The van der Waals surface area contributed by atoms with E-state index < -0.39 is 26.1 Å². The molecule has 0 spiro atoms. The maximum absolute atomic E-state index is 12.1. The smallest absolute Gasteiger partial charge is 0.410 e. The molecule has 0 fully saturated rings. The Kier molecular flexibility index (Phi) is 7.52. The third kappa shape index (κ3) is 7.50. The van der Waals surface area contributed by atoms with E-state index in [0.717, 1.165) is 0 Å². The van der Waals surface area contributed by atoms with Crippen LogP contribution in [0, 0.1) is 0 Å². The number of ether oxygens (including phenoxy) is 1. The Morgan fingerprint density at radius 3 is 2.04 bits per heavy atom. The van der Waals surface area contributed by atoms with Crippen molar-refractivity contribution in [2.75, 3.05) is 20.2 Å². The normalized spacial score (nSPS) is 14.3. The van der Waals surface area contributed by atoms with Crippen LogP contribution < -0.4 is 0 Å². The molecule has 0 aliphatic carbocycles. The predicted octanol–water partition coefficient (Wildman–Crippen LogP) is 3.79. The van der Waals surface area contributed by atoms with Crippen LogP contribution in [0.15, 0.2) is 12.2 Å². The number of carbonyl (C=O) groups excluding carboxylic acids is 1. The van der Waals surface area contributed by atoms with Crippen molar-refractivity contribution in [2.45, 2.75) is 71.4 Å². The first-order valence-corrected chi connectivity index (χ1v) is 10.9. The van der Waals surface area contributed by atoms with Crippen molar-refractivity contribution in [3.63, 3.8) is 0 Å². The number of aliphatic hydroxyl groups is 1. The zero-order valence-corrected chi connectivity index (χ0v) is 17.3. The summed E-state index contributed by atoms with van der Waals surface area (Å²) in [6, 6.07) is 0. The molecule has 1 N–H and O–H groups in total. The van der Waals surface area contributed by atoms with Crippen molar-refractivity contribution in [2.24, 2.45) is 0 Å². The Labute approximate surface area is 142 Å². The van der Waals surface area contributed by atoms with Crippen LogP contribution in [-0.2, 0) is 9.16 Å². The van der Waals surface area contributed by atoms with Gasteiger partial charge in [-0.1, -0.05) is 27.4 Å². The fourth-order valence-corrected chi connectivity index (χ4v) is 2.85. The number of aliphatic hydroxyl groups excluding tert-OH is 1. The molecule has 6 heteroatoms. The van der Waals surface area contributed by atoms with Crippen LogP contribution in [0.25, 0.3) is 0 Å². The number of amides is 1. The van der Waals surface area contributed by atoms with Gasteiger partial charge in [0.2, 0.25) is 0 Å². The summed E-state index contributed by atoms with van der Waals surface area (Å²) >= 11 is 0. The van der Waals surface area contributed by atoms with Gasteiger partial charge in [-0.25, -0.2) is 4.79 Å². The zero-order valence-electron chi connectivity index (χ0n) is 16.3. The van der Waals surface area contributed by atoms with Crippen molar-refractivity contribution in [1.29, 1.82) is 0 Å². The summed E-state index contributed by atoms with van der Waals surface area (Å²) in [5, 5.41) is 9.48. The molecule has 0 saturated carbocycles. The van der Waals surface area contributed by atoms with Crippen molar-refractivity contribution in [3.8, 4) is 0 Å². The molecular weight excluding hydrogens is 310 g/mol. The van der Waals surface area contributed by atoms with E-state index in [2.05, 4.69) is 40.4 Å². The summed E-state index contributed by atoms with van der Waals surface area (Å²) in [4.78, 5) is 13.6. The fraction of sp³-hybridized carbons (Fsp3) is 0.824. The van der Waals surface area contributed by atoms with Crippen molar-refractivity contribution < 1.29 is 19.1 Å². The highest BCUT2D eigenvalue weighted by atomic mass is 28.4. The van der Waals surface area contributed by atoms with Crippen molar-refractivity contribution >= 4 is 14.4 Å². The second-order valence-electron chi connectivity index (χ2n) is 8.54. The molecule has 0 aliphatic heterocycles.